The van der Waals surface area contributed by atoms with Crippen LogP contribution < -0.4 is 0 Å². The number of H-pyrrole nitrogens is 1. The maximum atomic E-state index is 11.6. The maximum Gasteiger partial charge on any atom is 0.361 e. The molecule has 0 atom stereocenters. The third-order valence-corrected chi connectivity index (χ3v) is 3.57. The Morgan fingerprint density at radius 2 is 2.47 bits per heavy atom. The van der Waals surface area contributed by atoms with Crippen molar-refractivity contribution in [2.24, 2.45) is 0 Å². The van der Waals surface area contributed by atoms with E-state index < -0.39 is 5.97 Å². The zero-order valence-corrected chi connectivity index (χ0v) is 10.9. The van der Waals surface area contributed by atoms with Crippen molar-refractivity contribution in [3.8, 4) is 0 Å². The lowest BCUT2D eigenvalue weighted by Gasteiger charge is -1.99. The van der Waals surface area contributed by atoms with Gasteiger partial charge < -0.3 is 9.72 Å². The van der Waals surface area contributed by atoms with Crippen molar-refractivity contribution in [3.05, 3.63) is 17.6 Å². The number of rotatable bonds is 4. The number of aromatic amines is 1. The van der Waals surface area contributed by atoms with Crippen LogP contribution in [0.3, 0.4) is 0 Å². The molecule has 0 aromatic carbocycles. The summed E-state index contributed by atoms with van der Waals surface area (Å²) in [6.07, 6.45) is 1.72. The third-order valence-electron chi connectivity index (χ3n) is 1.80. The van der Waals surface area contributed by atoms with Gasteiger partial charge in [-0.15, -0.1) is 5.10 Å². The lowest BCUT2D eigenvalue weighted by molar-refractivity contribution is 0.0515. The fraction of sp³-hybridized carbons (Fsp3) is 0.333. The standard InChI is InChI=1S/C9H10N4O2S2/c1-3-15-7(14)6-8(17-13-12-6)16-9-10-4-5(2)11-9/h4H,3H2,1-2H3,(H,10,11). The molecule has 17 heavy (non-hydrogen) atoms. The Hall–Kier alpha value is -1.41. The SMILES string of the molecule is CCOC(=O)c1nnsc1Sc1ncc(C)[nH]1. The molecule has 6 nitrogen and oxygen atoms in total. The minimum Gasteiger partial charge on any atom is -0.461 e. The van der Waals surface area contributed by atoms with Crippen LogP contribution in [-0.4, -0.2) is 32.1 Å². The number of nitrogens with zero attached hydrogens (tertiary/aromatic N) is 3. The Kier molecular flexibility index (Phi) is 3.75. The molecule has 0 saturated carbocycles. The lowest BCUT2D eigenvalue weighted by atomic mass is 10.5. The zero-order chi connectivity index (χ0) is 12.3. The summed E-state index contributed by atoms with van der Waals surface area (Å²) in [4.78, 5) is 18.8. The van der Waals surface area contributed by atoms with Gasteiger partial charge in [0.1, 0.15) is 4.21 Å². The van der Waals surface area contributed by atoms with Crippen LogP contribution in [-0.2, 0) is 4.74 Å². The van der Waals surface area contributed by atoms with Gasteiger partial charge in [-0.2, -0.15) is 0 Å². The second-order valence-electron chi connectivity index (χ2n) is 3.10. The van der Waals surface area contributed by atoms with Crippen LogP contribution in [0.2, 0.25) is 0 Å². The second-order valence-corrected chi connectivity index (χ2v) is 5.11. The van der Waals surface area contributed by atoms with Crippen LogP contribution in [0.25, 0.3) is 0 Å². The van der Waals surface area contributed by atoms with E-state index in [9.17, 15) is 4.79 Å². The van der Waals surface area contributed by atoms with Crippen molar-refractivity contribution < 1.29 is 9.53 Å². The van der Waals surface area contributed by atoms with Crippen molar-refractivity contribution in [2.75, 3.05) is 6.61 Å². The van der Waals surface area contributed by atoms with Gasteiger partial charge in [0.25, 0.3) is 0 Å². The van der Waals surface area contributed by atoms with Gasteiger partial charge in [-0.1, -0.05) is 4.49 Å². The highest BCUT2D eigenvalue weighted by Gasteiger charge is 2.19. The maximum absolute atomic E-state index is 11.6. The Morgan fingerprint density at radius 3 is 3.12 bits per heavy atom. The monoisotopic (exact) mass is 270 g/mol. The number of nitrogens with one attached hydrogen (secondary N) is 1. The Balaban J connectivity index is 2.16. The molecule has 90 valence electrons. The van der Waals surface area contributed by atoms with Gasteiger partial charge in [0.15, 0.2) is 10.9 Å². The van der Waals surface area contributed by atoms with E-state index in [1.54, 1.807) is 13.1 Å². The number of imidazole rings is 1. The largest absolute Gasteiger partial charge is 0.461 e. The summed E-state index contributed by atoms with van der Waals surface area (Å²) < 4.78 is 9.33. The van der Waals surface area contributed by atoms with Gasteiger partial charge >= 0.3 is 5.97 Å². The van der Waals surface area contributed by atoms with Crippen LogP contribution in [0, 0.1) is 6.92 Å². The molecule has 0 unspecified atom stereocenters. The van der Waals surface area contributed by atoms with Crippen LogP contribution in [0.4, 0.5) is 0 Å². The van der Waals surface area contributed by atoms with Crippen molar-refractivity contribution in [1.82, 2.24) is 19.6 Å². The molecule has 2 aromatic heterocycles. The van der Waals surface area contributed by atoms with E-state index >= 15 is 0 Å². The predicted molar refractivity (Wildman–Crippen MR) is 63.3 cm³/mol. The zero-order valence-electron chi connectivity index (χ0n) is 9.26. The van der Waals surface area contributed by atoms with Gasteiger partial charge in [0, 0.05) is 11.9 Å². The lowest BCUT2D eigenvalue weighted by Crippen LogP contribution is -2.06. The second kappa shape index (κ2) is 5.28. The third kappa shape index (κ3) is 2.83. The van der Waals surface area contributed by atoms with E-state index in [2.05, 4.69) is 19.6 Å². The summed E-state index contributed by atoms with van der Waals surface area (Å²) in [6.45, 7) is 3.98. The molecule has 2 rings (SSSR count). The molecule has 0 aliphatic carbocycles. The van der Waals surface area contributed by atoms with E-state index in [1.165, 1.54) is 11.8 Å². The first-order valence-corrected chi connectivity index (χ1v) is 6.48. The summed E-state index contributed by atoms with van der Waals surface area (Å²) in [5, 5.41) is 4.48. The molecule has 0 fully saturated rings. The molecule has 0 aliphatic heterocycles. The highest BCUT2D eigenvalue weighted by atomic mass is 32.2. The van der Waals surface area contributed by atoms with E-state index in [-0.39, 0.29) is 5.69 Å². The molecule has 0 bridgehead atoms. The molecule has 2 aromatic rings. The Bertz CT molecular complexity index is 523. The van der Waals surface area contributed by atoms with Crippen molar-refractivity contribution in [3.63, 3.8) is 0 Å². The predicted octanol–water partition coefficient (Wildman–Crippen LogP) is 1.90. The molecular formula is C9H10N4O2S2. The van der Waals surface area contributed by atoms with Crippen LogP contribution in [0.1, 0.15) is 23.1 Å². The first-order chi connectivity index (χ1) is 8.20. The molecule has 8 heteroatoms. The van der Waals surface area contributed by atoms with Crippen LogP contribution >= 0.6 is 23.3 Å². The van der Waals surface area contributed by atoms with Crippen LogP contribution in [0.15, 0.2) is 15.6 Å². The van der Waals surface area contributed by atoms with Crippen molar-refractivity contribution in [2.45, 2.75) is 23.2 Å². The van der Waals surface area contributed by atoms with Crippen molar-refractivity contribution in [1.29, 1.82) is 0 Å². The van der Waals surface area contributed by atoms with Crippen LogP contribution in [0.5, 0.6) is 0 Å². The Morgan fingerprint density at radius 1 is 1.65 bits per heavy atom. The molecule has 2 heterocycles. The smallest absolute Gasteiger partial charge is 0.361 e. The number of esters is 1. The van der Waals surface area contributed by atoms with Crippen molar-refractivity contribution >= 4 is 29.3 Å². The molecule has 0 amide bonds. The molecule has 0 aliphatic rings. The van der Waals surface area contributed by atoms with Gasteiger partial charge in [0.2, 0.25) is 0 Å². The highest BCUT2D eigenvalue weighted by Crippen LogP contribution is 2.30. The molecular weight excluding hydrogens is 260 g/mol. The first-order valence-electron chi connectivity index (χ1n) is 4.89. The molecule has 0 spiro atoms. The quantitative estimate of drug-likeness (QED) is 0.855. The summed E-state index contributed by atoms with van der Waals surface area (Å²) >= 11 is 2.47. The minimum absolute atomic E-state index is 0.246. The number of hydrogen-bond donors (Lipinski definition) is 1. The van der Waals surface area contributed by atoms with Gasteiger partial charge in [0.05, 0.1) is 6.61 Å². The normalized spacial score (nSPS) is 10.5. The fourth-order valence-electron chi connectivity index (χ4n) is 1.10. The number of carbonyl (C=O) groups is 1. The van der Waals surface area contributed by atoms with Gasteiger partial charge in [-0.05, 0) is 37.1 Å². The number of ether oxygens (including phenoxy) is 1. The minimum atomic E-state index is -0.452. The molecule has 1 N–H and O–H groups in total. The highest BCUT2D eigenvalue weighted by molar-refractivity contribution is 8.01. The van der Waals surface area contributed by atoms with E-state index in [0.29, 0.717) is 16.0 Å². The number of aromatic nitrogens is 4. The summed E-state index contributed by atoms with van der Waals surface area (Å²) in [6, 6.07) is 0. The van der Waals surface area contributed by atoms with Gasteiger partial charge in [-0.25, -0.2) is 9.78 Å². The topological polar surface area (TPSA) is 80.8 Å². The molecule has 0 saturated heterocycles. The van der Waals surface area contributed by atoms with E-state index in [1.807, 2.05) is 6.92 Å². The fourth-order valence-corrected chi connectivity index (χ4v) is 2.71. The summed E-state index contributed by atoms with van der Waals surface area (Å²) in [5.41, 5.74) is 1.21. The first kappa shape index (κ1) is 12.1. The average Bonchev–Trinajstić information content (AvgIpc) is 2.89. The van der Waals surface area contributed by atoms with Gasteiger partial charge in [-0.3, -0.25) is 0 Å². The van der Waals surface area contributed by atoms with E-state index in [4.69, 9.17) is 4.74 Å². The molecule has 0 radical (unpaired) electrons. The van der Waals surface area contributed by atoms with E-state index in [0.717, 1.165) is 17.2 Å². The summed E-state index contributed by atoms with van der Waals surface area (Å²) in [5.74, 6) is -0.452. The number of carbonyl (C=O) groups excluding carboxylic acids is 1. The average molecular weight is 270 g/mol. The number of hydrogen-bond acceptors (Lipinski definition) is 7. The summed E-state index contributed by atoms with van der Waals surface area (Å²) in [7, 11) is 0. The number of aryl methyl sites for hydroxylation is 1. The Labute approximate surface area is 106 Å².